The summed E-state index contributed by atoms with van der Waals surface area (Å²) >= 11 is 3.28. The molecule has 0 rings (SSSR count). The van der Waals surface area contributed by atoms with E-state index in [1.165, 1.54) is 0 Å². The first-order chi connectivity index (χ1) is 5.60. The zero-order valence-electron chi connectivity index (χ0n) is 9.27. The van der Waals surface area contributed by atoms with E-state index in [4.69, 9.17) is 9.47 Å². The minimum Gasteiger partial charge on any atom is -0.491 e. The van der Waals surface area contributed by atoms with Crippen LogP contribution in [0.1, 0.15) is 41.5 Å². The van der Waals surface area contributed by atoms with E-state index in [-0.39, 0.29) is 11.2 Å². The van der Waals surface area contributed by atoms with Crippen molar-refractivity contribution < 1.29 is 9.47 Å². The standard InChI is InChI=1S/C10H19BrO2/c1-9(2,3)12-7-8(11)13-10(4,5)6/h7H,1-6H3/b8-7-. The van der Waals surface area contributed by atoms with Gasteiger partial charge in [-0.05, 0) is 57.5 Å². The van der Waals surface area contributed by atoms with E-state index in [1.54, 1.807) is 6.26 Å². The molecule has 0 aliphatic carbocycles. The summed E-state index contributed by atoms with van der Waals surface area (Å²) in [5.74, 6) is 0. The normalized spacial score (nSPS) is 14.2. The summed E-state index contributed by atoms with van der Waals surface area (Å²) in [6, 6.07) is 0. The Morgan fingerprint density at radius 2 is 1.46 bits per heavy atom. The topological polar surface area (TPSA) is 18.5 Å². The zero-order chi connectivity index (χ0) is 10.7. The lowest BCUT2D eigenvalue weighted by molar-refractivity contribution is 0.0391. The second-order valence-corrected chi connectivity index (χ2v) is 5.65. The summed E-state index contributed by atoms with van der Waals surface area (Å²) in [5.41, 5.74) is -0.378. The van der Waals surface area contributed by atoms with Crippen molar-refractivity contribution in [1.29, 1.82) is 0 Å². The highest BCUT2D eigenvalue weighted by atomic mass is 79.9. The van der Waals surface area contributed by atoms with Crippen molar-refractivity contribution >= 4 is 15.9 Å². The monoisotopic (exact) mass is 250 g/mol. The molecule has 0 spiro atoms. The Kier molecular flexibility index (Phi) is 4.30. The smallest absolute Gasteiger partial charge is 0.197 e. The van der Waals surface area contributed by atoms with Crippen molar-refractivity contribution in [1.82, 2.24) is 0 Å². The first-order valence-electron chi connectivity index (χ1n) is 4.33. The molecule has 3 heteroatoms. The molecule has 0 bridgehead atoms. The second-order valence-electron chi connectivity index (χ2n) is 4.87. The molecule has 0 heterocycles. The van der Waals surface area contributed by atoms with Gasteiger partial charge in [-0.3, -0.25) is 0 Å². The number of hydrogen-bond donors (Lipinski definition) is 0. The Balaban J connectivity index is 4.05. The predicted octanol–water partition coefficient (Wildman–Crippen LogP) is 3.81. The molecule has 0 unspecified atom stereocenters. The van der Waals surface area contributed by atoms with Crippen LogP contribution in [0.15, 0.2) is 10.9 Å². The quantitative estimate of drug-likeness (QED) is 0.695. The van der Waals surface area contributed by atoms with Crippen LogP contribution in [-0.2, 0) is 9.47 Å². The van der Waals surface area contributed by atoms with Gasteiger partial charge in [0.05, 0.1) is 0 Å². The maximum absolute atomic E-state index is 5.49. The molecule has 0 aliphatic rings. The average molecular weight is 251 g/mol. The van der Waals surface area contributed by atoms with Gasteiger partial charge >= 0.3 is 0 Å². The molecular weight excluding hydrogens is 232 g/mol. The van der Waals surface area contributed by atoms with E-state index >= 15 is 0 Å². The van der Waals surface area contributed by atoms with E-state index in [9.17, 15) is 0 Å². The van der Waals surface area contributed by atoms with Gasteiger partial charge in [-0.1, -0.05) is 0 Å². The summed E-state index contributed by atoms with van der Waals surface area (Å²) < 4.78 is 11.5. The van der Waals surface area contributed by atoms with E-state index < -0.39 is 0 Å². The van der Waals surface area contributed by atoms with Crippen LogP contribution in [0, 0.1) is 0 Å². The fraction of sp³-hybridized carbons (Fsp3) is 0.800. The van der Waals surface area contributed by atoms with Gasteiger partial charge in [0.25, 0.3) is 0 Å². The Hall–Kier alpha value is -0.180. The zero-order valence-corrected chi connectivity index (χ0v) is 10.9. The Bertz CT molecular complexity index is 184. The first kappa shape index (κ1) is 12.8. The van der Waals surface area contributed by atoms with Gasteiger partial charge in [0, 0.05) is 0 Å². The fourth-order valence-corrected chi connectivity index (χ4v) is 1.12. The fourth-order valence-electron chi connectivity index (χ4n) is 0.540. The molecule has 0 radical (unpaired) electrons. The van der Waals surface area contributed by atoms with E-state index in [1.807, 2.05) is 41.5 Å². The largest absolute Gasteiger partial charge is 0.491 e. The van der Waals surface area contributed by atoms with Crippen molar-refractivity contribution in [3.8, 4) is 0 Å². The molecule has 0 atom stereocenters. The maximum Gasteiger partial charge on any atom is 0.197 e. The van der Waals surface area contributed by atoms with Gasteiger partial charge < -0.3 is 9.47 Å². The lowest BCUT2D eigenvalue weighted by Gasteiger charge is -2.22. The molecule has 0 aromatic heterocycles. The van der Waals surface area contributed by atoms with Crippen LogP contribution in [0.2, 0.25) is 0 Å². The molecule has 0 aromatic carbocycles. The average Bonchev–Trinajstić information content (AvgIpc) is 1.78. The van der Waals surface area contributed by atoms with Gasteiger partial charge in [-0.25, -0.2) is 0 Å². The first-order valence-corrected chi connectivity index (χ1v) is 5.12. The highest BCUT2D eigenvalue weighted by Gasteiger charge is 2.14. The molecule has 0 saturated carbocycles. The SMILES string of the molecule is CC(C)(C)O/C=C(/Br)OC(C)(C)C. The van der Waals surface area contributed by atoms with Crippen LogP contribution in [0.5, 0.6) is 0 Å². The van der Waals surface area contributed by atoms with Crippen LogP contribution < -0.4 is 0 Å². The van der Waals surface area contributed by atoms with Gasteiger partial charge in [-0.15, -0.1) is 0 Å². The lowest BCUT2D eigenvalue weighted by atomic mass is 10.2. The Morgan fingerprint density at radius 1 is 1.00 bits per heavy atom. The van der Waals surface area contributed by atoms with Crippen molar-refractivity contribution in [2.24, 2.45) is 0 Å². The number of halogens is 1. The Labute approximate surface area is 89.4 Å². The Morgan fingerprint density at radius 3 is 1.77 bits per heavy atom. The summed E-state index contributed by atoms with van der Waals surface area (Å²) in [6.07, 6.45) is 1.59. The number of ether oxygens (including phenoxy) is 2. The van der Waals surface area contributed by atoms with E-state index in [0.717, 1.165) is 0 Å². The molecule has 0 aromatic rings. The van der Waals surface area contributed by atoms with Gasteiger partial charge in [0.2, 0.25) is 0 Å². The highest BCUT2D eigenvalue weighted by molar-refractivity contribution is 9.11. The second kappa shape index (κ2) is 4.36. The van der Waals surface area contributed by atoms with Crippen LogP contribution in [-0.4, -0.2) is 11.2 Å². The highest BCUT2D eigenvalue weighted by Crippen LogP contribution is 2.19. The van der Waals surface area contributed by atoms with E-state index in [2.05, 4.69) is 15.9 Å². The van der Waals surface area contributed by atoms with Crippen LogP contribution in [0.3, 0.4) is 0 Å². The van der Waals surface area contributed by atoms with Gasteiger partial charge in [-0.2, -0.15) is 0 Å². The molecule has 0 fully saturated rings. The molecule has 13 heavy (non-hydrogen) atoms. The van der Waals surface area contributed by atoms with Crippen LogP contribution in [0.25, 0.3) is 0 Å². The van der Waals surface area contributed by atoms with Crippen molar-refractivity contribution in [2.75, 3.05) is 0 Å². The minimum atomic E-state index is -0.198. The minimum absolute atomic E-state index is 0.180. The van der Waals surface area contributed by atoms with E-state index in [0.29, 0.717) is 4.67 Å². The summed E-state index contributed by atoms with van der Waals surface area (Å²) in [4.78, 5) is 0. The molecule has 0 aliphatic heterocycles. The molecule has 0 saturated heterocycles. The summed E-state index contributed by atoms with van der Waals surface area (Å²) in [6.45, 7) is 11.9. The van der Waals surface area contributed by atoms with Gasteiger partial charge in [0.15, 0.2) is 4.67 Å². The molecule has 0 N–H and O–H groups in total. The number of hydrogen-bond acceptors (Lipinski definition) is 2. The van der Waals surface area contributed by atoms with Crippen LogP contribution >= 0.6 is 15.9 Å². The molecule has 2 nitrogen and oxygen atoms in total. The third kappa shape index (κ3) is 9.74. The number of rotatable bonds is 2. The predicted molar refractivity (Wildman–Crippen MR) is 58.7 cm³/mol. The van der Waals surface area contributed by atoms with Crippen molar-refractivity contribution in [3.63, 3.8) is 0 Å². The summed E-state index contributed by atoms with van der Waals surface area (Å²) in [5, 5.41) is 0. The lowest BCUT2D eigenvalue weighted by Crippen LogP contribution is -2.19. The summed E-state index contributed by atoms with van der Waals surface area (Å²) in [7, 11) is 0. The third-order valence-electron chi connectivity index (χ3n) is 0.909. The molecular formula is C10H19BrO2. The van der Waals surface area contributed by atoms with Crippen molar-refractivity contribution in [2.45, 2.75) is 52.7 Å². The molecule has 78 valence electrons. The third-order valence-corrected chi connectivity index (χ3v) is 1.26. The van der Waals surface area contributed by atoms with Gasteiger partial charge in [0.1, 0.15) is 17.5 Å². The maximum atomic E-state index is 5.49. The van der Waals surface area contributed by atoms with Crippen molar-refractivity contribution in [3.05, 3.63) is 10.9 Å². The van der Waals surface area contributed by atoms with Crippen LogP contribution in [0.4, 0.5) is 0 Å². The molecule has 0 amide bonds.